The van der Waals surface area contributed by atoms with Crippen molar-refractivity contribution in [2.45, 2.75) is 46.1 Å². The van der Waals surface area contributed by atoms with Crippen molar-refractivity contribution < 1.29 is 29.0 Å². The van der Waals surface area contributed by atoms with Crippen molar-refractivity contribution in [3.8, 4) is 11.4 Å². The first-order valence-corrected chi connectivity index (χ1v) is 15.6. The lowest BCUT2D eigenvalue weighted by molar-refractivity contribution is -0.137. The van der Waals surface area contributed by atoms with Crippen molar-refractivity contribution in [2.24, 2.45) is 23.7 Å². The van der Waals surface area contributed by atoms with Crippen LogP contribution in [-0.4, -0.2) is 101 Å². The molecule has 3 fully saturated rings. The van der Waals surface area contributed by atoms with E-state index in [1.54, 1.807) is 15.9 Å². The van der Waals surface area contributed by atoms with Gasteiger partial charge >= 0.3 is 12.1 Å². The van der Waals surface area contributed by atoms with Gasteiger partial charge in [0.2, 0.25) is 5.91 Å². The third kappa shape index (κ3) is 7.11. The second-order valence-corrected chi connectivity index (χ2v) is 12.3. The Morgan fingerprint density at radius 1 is 1.00 bits per heavy atom. The second kappa shape index (κ2) is 13.6. The molecular formula is C32H42N6O6. The van der Waals surface area contributed by atoms with Crippen molar-refractivity contribution in [1.82, 2.24) is 25.1 Å². The number of carbonyl (C=O) groups is 4. The van der Waals surface area contributed by atoms with Crippen molar-refractivity contribution in [2.75, 3.05) is 50.8 Å². The number of unbranched alkanes of at least 4 members (excludes halogenated alkanes) is 1. The number of piperidine rings is 1. The highest BCUT2D eigenvalue weighted by Crippen LogP contribution is 2.54. The van der Waals surface area contributed by atoms with E-state index in [0.717, 1.165) is 18.4 Å². The minimum Gasteiger partial charge on any atom is -0.481 e. The van der Waals surface area contributed by atoms with Crippen LogP contribution in [0.5, 0.6) is 0 Å². The number of hydrogen-bond acceptors (Lipinski definition) is 8. The highest BCUT2D eigenvalue weighted by Gasteiger charge is 2.56. The fraction of sp³-hybridized carbons (Fsp3) is 0.562. The minimum atomic E-state index is -0.777. The summed E-state index contributed by atoms with van der Waals surface area (Å²) in [7, 11) is 0. The summed E-state index contributed by atoms with van der Waals surface area (Å²) in [6, 6.07) is 10.3. The van der Waals surface area contributed by atoms with Gasteiger partial charge in [-0.15, -0.1) is 0 Å². The smallest absolute Gasteiger partial charge is 0.409 e. The molecule has 1 aromatic carbocycles. The van der Waals surface area contributed by atoms with Crippen molar-refractivity contribution in [3.05, 3.63) is 42.1 Å². The molecule has 2 aliphatic heterocycles. The normalized spacial score (nSPS) is 21.5. The summed E-state index contributed by atoms with van der Waals surface area (Å²) in [5.74, 6) is 0.191. The average molecular weight is 607 g/mol. The molecule has 1 saturated carbocycles. The fourth-order valence-corrected chi connectivity index (χ4v) is 6.20. The van der Waals surface area contributed by atoms with Crippen LogP contribution in [0.25, 0.3) is 11.4 Å². The van der Waals surface area contributed by atoms with Crippen molar-refractivity contribution >= 4 is 29.7 Å². The third-order valence-corrected chi connectivity index (χ3v) is 8.88. The standard InChI is InChI=1S/C32H42N6O6/c1-4-5-15-44-32(43)37-13-11-36(12-14-37)31(42)28(20(2)3)35-30(41)25-17-26(34-29(33-25)21-9-7-6-8-10-21)38-18-23-22(16-27(39)40)24(23)19-38/h6-10,17,20,22-24,28H,4-5,11-16,18-19H2,1-3H3,(H,35,41)(H,39,40)/t22-,23-,24+,28-/m0/s1. The molecule has 1 aromatic heterocycles. The monoisotopic (exact) mass is 606 g/mol. The van der Waals surface area contributed by atoms with Gasteiger partial charge < -0.3 is 29.9 Å². The predicted molar refractivity (Wildman–Crippen MR) is 163 cm³/mol. The summed E-state index contributed by atoms with van der Waals surface area (Å²) in [6.07, 6.45) is 1.57. The average Bonchev–Trinajstić information content (AvgIpc) is 3.43. The summed E-state index contributed by atoms with van der Waals surface area (Å²) in [5.41, 5.74) is 0.925. The highest BCUT2D eigenvalue weighted by molar-refractivity contribution is 5.97. The van der Waals surface area contributed by atoms with E-state index in [-0.39, 0.29) is 36.0 Å². The lowest BCUT2D eigenvalue weighted by Crippen LogP contribution is -2.57. The molecule has 236 valence electrons. The summed E-state index contributed by atoms with van der Waals surface area (Å²) < 4.78 is 5.31. The topological polar surface area (TPSA) is 145 Å². The van der Waals surface area contributed by atoms with E-state index in [2.05, 4.69) is 15.2 Å². The number of carboxylic acid groups (broad SMARTS) is 1. The molecule has 4 atom stereocenters. The van der Waals surface area contributed by atoms with Crippen molar-refractivity contribution in [1.29, 1.82) is 0 Å². The molecule has 0 bridgehead atoms. The Kier molecular flexibility index (Phi) is 9.65. The number of hydrogen-bond donors (Lipinski definition) is 2. The quantitative estimate of drug-likeness (QED) is 0.369. The molecule has 2 N–H and O–H groups in total. The molecule has 44 heavy (non-hydrogen) atoms. The van der Waals surface area contributed by atoms with Crippen LogP contribution >= 0.6 is 0 Å². The van der Waals surface area contributed by atoms with E-state index in [1.165, 1.54) is 0 Å². The molecule has 3 aliphatic rings. The van der Waals surface area contributed by atoms with Crippen LogP contribution in [0, 0.1) is 23.7 Å². The Balaban J connectivity index is 1.28. The first kappa shape index (κ1) is 31.2. The zero-order chi connectivity index (χ0) is 31.4. The highest BCUT2D eigenvalue weighted by atomic mass is 16.6. The summed E-state index contributed by atoms with van der Waals surface area (Å²) in [4.78, 5) is 65.6. The van der Waals surface area contributed by atoms with Crippen LogP contribution in [0.4, 0.5) is 10.6 Å². The third-order valence-electron chi connectivity index (χ3n) is 8.88. The first-order chi connectivity index (χ1) is 21.2. The fourth-order valence-electron chi connectivity index (χ4n) is 6.20. The molecule has 2 saturated heterocycles. The number of benzene rings is 1. The SMILES string of the molecule is CCCCOC(=O)N1CCN(C(=O)[C@@H](NC(=O)c2cc(N3C[C@@H]4[C@@H](CC(=O)O)[C@@H]4C3)nc(-c3ccccc3)n2)C(C)C)CC1. The van der Waals surface area contributed by atoms with Gasteiger partial charge in [-0.25, -0.2) is 14.8 Å². The number of ether oxygens (including phenoxy) is 1. The van der Waals surface area contributed by atoms with Crippen LogP contribution in [-0.2, 0) is 14.3 Å². The second-order valence-electron chi connectivity index (χ2n) is 12.3. The lowest BCUT2D eigenvalue weighted by atomic mass is 10.0. The van der Waals surface area contributed by atoms with Gasteiger partial charge in [0, 0.05) is 57.3 Å². The molecule has 12 nitrogen and oxygen atoms in total. The number of anilines is 1. The van der Waals surface area contributed by atoms with Crippen LogP contribution in [0.15, 0.2) is 36.4 Å². The van der Waals surface area contributed by atoms with Gasteiger partial charge in [-0.1, -0.05) is 57.5 Å². The number of aliphatic carboxylic acids is 1. The van der Waals surface area contributed by atoms with E-state index >= 15 is 0 Å². The predicted octanol–water partition coefficient (Wildman–Crippen LogP) is 3.14. The molecule has 1 aliphatic carbocycles. The summed E-state index contributed by atoms with van der Waals surface area (Å²) >= 11 is 0. The van der Waals surface area contributed by atoms with E-state index in [0.29, 0.717) is 69.4 Å². The van der Waals surface area contributed by atoms with Gasteiger partial charge in [0.25, 0.3) is 5.91 Å². The van der Waals surface area contributed by atoms with E-state index < -0.39 is 17.9 Å². The first-order valence-electron chi connectivity index (χ1n) is 15.6. The Bertz CT molecular complexity index is 1350. The maximum atomic E-state index is 13.7. The molecule has 0 unspecified atom stereocenters. The molecule has 2 aromatic rings. The number of piperazine rings is 1. The number of carbonyl (C=O) groups excluding carboxylic acids is 3. The number of fused-ring (bicyclic) bond motifs is 1. The van der Waals surface area contributed by atoms with E-state index in [1.807, 2.05) is 51.1 Å². The molecular weight excluding hydrogens is 564 g/mol. The number of nitrogens with zero attached hydrogens (tertiary/aromatic N) is 5. The van der Waals surface area contributed by atoms with E-state index in [9.17, 15) is 24.3 Å². The van der Waals surface area contributed by atoms with Crippen molar-refractivity contribution in [3.63, 3.8) is 0 Å². The Morgan fingerprint density at radius 3 is 2.27 bits per heavy atom. The number of rotatable bonds is 11. The molecule has 5 rings (SSSR count). The Hall–Kier alpha value is -4.22. The Labute approximate surface area is 257 Å². The van der Waals surface area contributed by atoms with Gasteiger partial charge in [-0.3, -0.25) is 14.4 Å². The van der Waals surface area contributed by atoms with Crippen LogP contribution in [0.2, 0.25) is 0 Å². The number of carboxylic acids is 1. The van der Waals surface area contributed by atoms with Gasteiger partial charge in [0.05, 0.1) is 6.61 Å². The van der Waals surface area contributed by atoms with Crippen LogP contribution < -0.4 is 10.2 Å². The minimum absolute atomic E-state index is 0.162. The molecule has 0 radical (unpaired) electrons. The maximum absolute atomic E-state index is 13.7. The lowest BCUT2D eigenvalue weighted by Gasteiger charge is -2.36. The summed E-state index contributed by atoms with van der Waals surface area (Å²) in [6.45, 7) is 9.01. The maximum Gasteiger partial charge on any atom is 0.409 e. The van der Waals surface area contributed by atoms with Gasteiger partial charge in [-0.05, 0) is 30.1 Å². The van der Waals surface area contributed by atoms with Crippen LogP contribution in [0.3, 0.4) is 0 Å². The van der Waals surface area contributed by atoms with Gasteiger partial charge in [-0.2, -0.15) is 0 Å². The zero-order valence-electron chi connectivity index (χ0n) is 25.6. The molecule has 3 amide bonds. The molecule has 3 heterocycles. The Morgan fingerprint density at radius 2 is 1.66 bits per heavy atom. The summed E-state index contributed by atoms with van der Waals surface area (Å²) in [5, 5.41) is 12.1. The molecule has 12 heteroatoms. The van der Waals surface area contributed by atoms with Crippen LogP contribution in [0.1, 0.15) is 50.5 Å². The largest absolute Gasteiger partial charge is 0.481 e. The van der Waals surface area contributed by atoms with Gasteiger partial charge in [0.15, 0.2) is 5.82 Å². The number of amides is 3. The van der Waals surface area contributed by atoms with Gasteiger partial charge in [0.1, 0.15) is 17.6 Å². The van der Waals surface area contributed by atoms with E-state index in [4.69, 9.17) is 9.72 Å². The molecule has 0 spiro atoms. The number of nitrogens with one attached hydrogen (secondary N) is 1. The zero-order valence-corrected chi connectivity index (χ0v) is 25.6. The number of aromatic nitrogens is 2.